The average molecular weight is 271 g/mol. The van der Waals surface area contributed by atoms with Gasteiger partial charge in [0.1, 0.15) is 10.2 Å². The summed E-state index contributed by atoms with van der Waals surface area (Å²) in [6.07, 6.45) is 0. The van der Waals surface area contributed by atoms with E-state index in [1.807, 2.05) is 6.07 Å². The molecule has 0 aliphatic rings. The van der Waals surface area contributed by atoms with Gasteiger partial charge in [0, 0.05) is 5.56 Å². The Labute approximate surface area is 96.5 Å². The van der Waals surface area contributed by atoms with E-state index in [4.69, 9.17) is 4.74 Å². The van der Waals surface area contributed by atoms with Gasteiger partial charge in [-0.05, 0) is 22.9 Å². The molecule has 80 valence electrons. The first-order chi connectivity index (χ1) is 7.16. The normalized spacial score (nSPS) is 11.9. The molecule has 1 aromatic rings. The van der Waals surface area contributed by atoms with Crippen molar-refractivity contribution in [2.24, 2.45) is 0 Å². The number of esters is 1. The predicted molar refractivity (Wildman–Crippen MR) is 61.6 cm³/mol. The topological polar surface area (TPSA) is 46.5 Å². The predicted octanol–water partition coefficient (Wildman–Crippen LogP) is 2.87. The monoisotopic (exact) mass is 270 g/mol. The lowest BCUT2D eigenvalue weighted by Crippen LogP contribution is -2.05. The van der Waals surface area contributed by atoms with Gasteiger partial charge in [-0.3, -0.25) is 0 Å². The first kappa shape index (κ1) is 11.8. The molecule has 0 radical (unpaired) electrons. The van der Waals surface area contributed by atoms with E-state index in [1.54, 1.807) is 31.2 Å². The van der Waals surface area contributed by atoms with Gasteiger partial charge in [-0.2, -0.15) is 0 Å². The van der Waals surface area contributed by atoms with Crippen LogP contribution in [0.5, 0.6) is 0 Å². The van der Waals surface area contributed by atoms with Gasteiger partial charge < -0.3 is 9.84 Å². The van der Waals surface area contributed by atoms with Gasteiger partial charge in [-0.1, -0.05) is 30.3 Å². The fourth-order valence-electron chi connectivity index (χ4n) is 1.01. The minimum Gasteiger partial charge on any atom is -0.506 e. The number of hydrogen-bond acceptors (Lipinski definition) is 3. The Morgan fingerprint density at radius 1 is 1.40 bits per heavy atom. The van der Waals surface area contributed by atoms with Crippen LogP contribution in [0.25, 0.3) is 5.76 Å². The van der Waals surface area contributed by atoms with E-state index in [1.165, 1.54) is 0 Å². The molecule has 0 aliphatic heterocycles. The molecule has 0 aromatic heterocycles. The van der Waals surface area contributed by atoms with Gasteiger partial charge in [-0.25, -0.2) is 4.79 Å². The van der Waals surface area contributed by atoms with E-state index in [-0.39, 0.29) is 16.8 Å². The molecule has 0 bridgehead atoms. The Kier molecular flexibility index (Phi) is 4.37. The third-order valence-corrected chi connectivity index (χ3v) is 2.41. The average Bonchev–Trinajstić information content (AvgIpc) is 2.28. The molecular formula is C11H11BrO3. The molecule has 0 atom stereocenters. The highest BCUT2D eigenvalue weighted by atomic mass is 79.9. The van der Waals surface area contributed by atoms with Crippen LogP contribution >= 0.6 is 15.9 Å². The molecule has 0 unspecified atom stereocenters. The van der Waals surface area contributed by atoms with Crippen LogP contribution in [0, 0.1) is 0 Å². The maximum Gasteiger partial charge on any atom is 0.349 e. The maximum atomic E-state index is 11.3. The number of hydrogen-bond donors (Lipinski definition) is 1. The number of carbonyl (C=O) groups excluding carboxylic acids is 1. The quantitative estimate of drug-likeness (QED) is 0.522. The number of benzene rings is 1. The van der Waals surface area contributed by atoms with Crippen molar-refractivity contribution in [2.75, 3.05) is 6.61 Å². The smallest absolute Gasteiger partial charge is 0.349 e. The van der Waals surface area contributed by atoms with Gasteiger partial charge in [0.25, 0.3) is 0 Å². The van der Waals surface area contributed by atoms with Crippen LogP contribution in [0.15, 0.2) is 34.8 Å². The van der Waals surface area contributed by atoms with Crippen molar-refractivity contribution in [3.05, 3.63) is 40.4 Å². The molecule has 1 rings (SSSR count). The second kappa shape index (κ2) is 5.56. The van der Waals surface area contributed by atoms with Crippen molar-refractivity contribution in [3.63, 3.8) is 0 Å². The third-order valence-electron chi connectivity index (χ3n) is 1.71. The number of ether oxygens (including phenoxy) is 1. The first-order valence-electron chi connectivity index (χ1n) is 4.48. The van der Waals surface area contributed by atoms with Crippen LogP contribution in [0.2, 0.25) is 0 Å². The van der Waals surface area contributed by atoms with E-state index in [2.05, 4.69) is 15.9 Å². The molecule has 0 saturated heterocycles. The molecule has 15 heavy (non-hydrogen) atoms. The number of halogens is 1. The molecule has 0 amide bonds. The van der Waals surface area contributed by atoms with Gasteiger partial charge in [-0.15, -0.1) is 0 Å². The second-order valence-electron chi connectivity index (χ2n) is 2.75. The Bertz CT molecular complexity index is 371. The lowest BCUT2D eigenvalue weighted by molar-refractivity contribution is -0.137. The summed E-state index contributed by atoms with van der Waals surface area (Å²) in [4.78, 5) is 11.3. The maximum absolute atomic E-state index is 11.3. The van der Waals surface area contributed by atoms with Gasteiger partial charge in [0.05, 0.1) is 6.61 Å². The Balaban J connectivity index is 2.95. The number of rotatable bonds is 3. The Morgan fingerprint density at radius 3 is 2.53 bits per heavy atom. The van der Waals surface area contributed by atoms with Crippen LogP contribution in [0.4, 0.5) is 0 Å². The summed E-state index contributed by atoms with van der Waals surface area (Å²) in [6.45, 7) is 1.98. The molecule has 3 nitrogen and oxygen atoms in total. The fourth-order valence-corrected chi connectivity index (χ4v) is 1.36. The van der Waals surface area contributed by atoms with Gasteiger partial charge >= 0.3 is 5.97 Å². The summed E-state index contributed by atoms with van der Waals surface area (Å²) in [6, 6.07) is 8.79. The first-order valence-corrected chi connectivity index (χ1v) is 5.27. The van der Waals surface area contributed by atoms with E-state index < -0.39 is 5.97 Å². The summed E-state index contributed by atoms with van der Waals surface area (Å²) in [7, 11) is 0. The lowest BCUT2D eigenvalue weighted by atomic mass is 10.2. The number of carbonyl (C=O) groups is 1. The SMILES string of the molecule is CCOC(=O)C(Br)=C(O)c1ccccc1. The summed E-state index contributed by atoms with van der Waals surface area (Å²) in [5.74, 6) is -0.687. The molecule has 0 fully saturated rings. The number of aliphatic hydroxyl groups is 1. The molecule has 1 aromatic carbocycles. The van der Waals surface area contributed by atoms with Crippen LogP contribution in [0.1, 0.15) is 12.5 Å². The molecule has 0 spiro atoms. The zero-order chi connectivity index (χ0) is 11.3. The highest BCUT2D eigenvalue weighted by Crippen LogP contribution is 2.21. The zero-order valence-electron chi connectivity index (χ0n) is 8.24. The summed E-state index contributed by atoms with van der Waals surface area (Å²) < 4.78 is 4.78. The molecule has 0 aliphatic carbocycles. The zero-order valence-corrected chi connectivity index (χ0v) is 9.82. The third kappa shape index (κ3) is 3.09. The standard InChI is InChI=1S/C11H11BrO3/c1-2-15-11(14)9(12)10(13)8-6-4-3-5-7-8/h3-7,13H,2H2,1H3. The van der Waals surface area contributed by atoms with Crippen molar-refractivity contribution in [2.45, 2.75) is 6.92 Å². The van der Waals surface area contributed by atoms with Crippen LogP contribution in [-0.2, 0) is 9.53 Å². The van der Waals surface area contributed by atoms with E-state index in [0.29, 0.717) is 5.56 Å². The summed E-state index contributed by atoms with van der Waals surface area (Å²) >= 11 is 3.00. The molecule has 0 saturated carbocycles. The largest absolute Gasteiger partial charge is 0.506 e. The fraction of sp³-hybridized carbons (Fsp3) is 0.182. The molecule has 1 N–H and O–H groups in total. The van der Waals surface area contributed by atoms with Crippen molar-refractivity contribution >= 4 is 27.7 Å². The van der Waals surface area contributed by atoms with Crippen LogP contribution in [-0.4, -0.2) is 17.7 Å². The summed E-state index contributed by atoms with van der Waals surface area (Å²) in [5, 5.41) is 9.72. The van der Waals surface area contributed by atoms with Gasteiger partial charge in [0.2, 0.25) is 0 Å². The van der Waals surface area contributed by atoms with Crippen molar-refractivity contribution in [1.29, 1.82) is 0 Å². The van der Waals surface area contributed by atoms with Crippen molar-refractivity contribution < 1.29 is 14.6 Å². The van der Waals surface area contributed by atoms with E-state index >= 15 is 0 Å². The van der Waals surface area contributed by atoms with Crippen molar-refractivity contribution in [1.82, 2.24) is 0 Å². The Morgan fingerprint density at radius 2 is 2.00 bits per heavy atom. The Hall–Kier alpha value is -1.29. The highest BCUT2D eigenvalue weighted by Gasteiger charge is 2.14. The minimum absolute atomic E-state index is 0.0375. The summed E-state index contributed by atoms with van der Waals surface area (Å²) in [5.41, 5.74) is 0.567. The van der Waals surface area contributed by atoms with Crippen LogP contribution < -0.4 is 0 Å². The minimum atomic E-state index is -0.571. The second-order valence-corrected chi connectivity index (χ2v) is 3.54. The molecule has 4 heteroatoms. The lowest BCUT2D eigenvalue weighted by Gasteiger charge is -2.04. The highest BCUT2D eigenvalue weighted by molar-refractivity contribution is 9.12. The van der Waals surface area contributed by atoms with Crippen LogP contribution in [0.3, 0.4) is 0 Å². The molecule has 0 heterocycles. The van der Waals surface area contributed by atoms with Gasteiger partial charge in [0.15, 0.2) is 0 Å². The van der Waals surface area contributed by atoms with E-state index in [9.17, 15) is 9.90 Å². The number of aliphatic hydroxyl groups excluding tert-OH is 1. The molecular weight excluding hydrogens is 260 g/mol. The van der Waals surface area contributed by atoms with E-state index in [0.717, 1.165) is 0 Å². The van der Waals surface area contributed by atoms with Crippen molar-refractivity contribution in [3.8, 4) is 0 Å².